The zero-order valence-corrected chi connectivity index (χ0v) is 12.6. The van der Waals surface area contributed by atoms with Gasteiger partial charge in [-0.2, -0.15) is 4.72 Å². The number of benzene rings is 1. The van der Waals surface area contributed by atoms with Crippen LogP contribution in [-0.2, 0) is 14.8 Å². The Morgan fingerprint density at radius 1 is 1.25 bits per heavy atom. The fourth-order valence-electron chi connectivity index (χ4n) is 1.77. The van der Waals surface area contributed by atoms with Crippen molar-refractivity contribution in [2.45, 2.75) is 38.6 Å². The fourth-order valence-corrected chi connectivity index (χ4v) is 3.28. The topological polar surface area (TPSA) is 83.5 Å². The summed E-state index contributed by atoms with van der Waals surface area (Å²) in [6.07, 6.45) is 0. The van der Waals surface area contributed by atoms with E-state index in [9.17, 15) is 17.6 Å². The predicted molar refractivity (Wildman–Crippen MR) is 72.5 cm³/mol. The van der Waals surface area contributed by atoms with Crippen molar-refractivity contribution in [1.82, 2.24) is 4.72 Å². The van der Waals surface area contributed by atoms with Crippen LogP contribution in [0.5, 0.6) is 0 Å². The highest BCUT2D eigenvalue weighted by atomic mass is 32.2. The zero-order chi connectivity index (χ0) is 15.7. The first-order chi connectivity index (χ1) is 9.06. The highest BCUT2D eigenvalue weighted by Gasteiger charge is 2.28. The van der Waals surface area contributed by atoms with Gasteiger partial charge in [0.1, 0.15) is 11.9 Å². The Kier molecular flexibility index (Phi) is 4.88. The third-order valence-electron chi connectivity index (χ3n) is 2.94. The summed E-state index contributed by atoms with van der Waals surface area (Å²) < 4.78 is 40.0. The van der Waals surface area contributed by atoms with Crippen LogP contribution in [0.2, 0.25) is 0 Å². The molecule has 0 fully saturated rings. The quantitative estimate of drug-likeness (QED) is 0.869. The second-order valence-electron chi connectivity index (χ2n) is 5.05. The molecule has 0 aliphatic heterocycles. The maximum absolute atomic E-state index is 13.5. The Morgan fingerprint density at radius 2 is 1.70 bits per heavy atom. The summed E-state index contributed by atoms with van der Waals surface area (Å²) in [5, 5.41) is 9.02. The molecule has 1 aromatic carbocycles. The minimum atomic E-state index is -4.01. The van der Waals surface area contributed by atoms with E-state index in [1.165, 1.54) is 26.0 Å². The number of hydrogen-bond donors (Lipinski definition) is 2. The summed E-state index contributed by atoms with van der Waals surface area (Å²) in [6.45, 7) is 6.11. The molecular formula is C13H18FNO4S. The van der Waals surface area contributed by atoms with Gasteiger partial charge in [0.15, 0.2) is 0 Å². The van der Waals surface area contributed by atoms with Crippen molar-refractivity contribution >= 4 is 16.0 Å². The van der Waals surface area contributed by atoms with Crippen LogP contribution in [0.4, 0.5) is 4.39 Å². The number of sulfonamides is 1. The van der Waals surface area contributed by atoms with E-state index >= 15 is 0 Å². The van der Waals surface area contributed by atoms with Gasteiger partial charge in [0.05, 0.1) is 4.90 Å². The Bertz CT molecular complexity index is 602. The highest BCUT2D eigenvalue weighted by Crippen LogP contribution is 2.19. The minimum absolute atomic E-state index is 0.138. The van der Waals surface area contributed by atoms with Crippen molar-refractivity contribution in [3.63, 3.8) is 0 Å². The lowest BCUT2D eigenvalue weighted by Crippen LogP contribution is -2.44. The lowest BCUT2D eigenvalue weighted by Gasteiger charge is -2.18. The Hall–Kier alpha value is -1.47. The molecule has 0 saturated heterocycles. The number of nitrogens with one attached hydrogen (secondary N) is 1. The van der Waals surface area contributed by atoms with Crippen molar-refractivity contribution in [1.29, 1.82) is 0 Å². The number of carboxylic acid groups (broad SMARTS) is 1. The molecule has 0 amide bonds. The van der Waals surface area contributed by atoms with E-state index in [1.807, 2.05) is 0 Å². The van der Waals surface area contributed by atoms with Crippen LogP contribution in [0.3, 0.4) is 0 Å². The molecule has 0 heterocycles. The average Bonchev–Trinajstić information content (AvgIpc) is 2.31. The molecule has 5 nitrogen and oxygen atoms in total. The number of halogens is 1. The van der Waals surface area contributed by atoms with Gasteiger partial charge in [0.2, 0.25) is 10.0 Å². The molecule has 0 spiro atoms. The lowest BCUT2D eigenvalue weighted by atomic mass is 10.1. The third-order valence-corrected chi connectivity index (χ3v) is 4.36. The van der Waals surface area contributed by atoms with E-state index in [-0.39, 0.29) is 16.0 Å². The summed E-state index contributed by atoms with van der Waals surface area (Å²) in [5.41, 5.74) is 0.392. The summed E-state index contributed by atoms with van der Waals surface area (Å²) in [7, 11) is -4.01. The molecule has 0 aliphatic rings. The van der Waals surface area contributed by atoms with E-state index < -0.39 is 33.8 Å². The smallest absolute Gasteiger partial charge is 0.322 e. The van der Waals surface area contributed by atoms with Crippen LogP contribution in [0.1, 0.15) is 25.0 Å². The van der Waals surface area contributed by atoms with Crippen LogP contribution in [0.15, 0.2) is 17.0 Å². The van der Waals surface area contributed by atoms with Gasteiger partial charge < -0.3 is 5.11 Å². The first-order valence-electron chi connectivity index (χ1n) is 6.08. The number of hydrogen-bond acceptors (Lipinski definition) is 3. The average molecular weight is 303 g/mol. The van der Waals surface area contributed by atoms with Crippen LogP contribution in [0, 0.1) is 25.6 Å². The molecule has 2 N–H and O–H groups in total. The number of aliphatic carboxylic acids is 1. The summed E-state index contributed by atoms with van der Waals surface area (Å²) in [4.78, 5) is 10.9. The summed E-state index contributed by atoms with van der Waals surface area (Å²) in [6, 6.07) is 1.14. The van der Waals surface area contributed by atoms with E-state index in [0.717, 1.165) is 0 Å². The third kappa shape index (κ3) is 3.55. The number of carboxylic acids is 1. The van der Waals surface area contributed by atoms with E-state index in [0.29, 0.717) is 0 Å². The Labute approximate surface area is 117 Å². The van der Waals surface area contributed by atoms with Gasteiger partial charge in [-0.05, 0) is 43.0 Å². The van der Waals surface area contributed by atoms with Gasteiger partial charge in [-0.15, -0.1) is 0 Å². The zero-order valence-electron chi connectivity index (χ0n) is 11.8. The van der Waals surface area contributed by atoms with Gasteiger partial charge in [-0.25, -0.2) is 12.8 Å². The first-order valence-corrected chi connectivity index (χ1v) is 7.56. The van der Waals surface area contributed by atoms with Crippen LogP contribution < -0.4 is 4.72 Å². The lowest BCUT2D eigenvalue weighted by molar-refractivity contribution is -0.140. The molecule has 1 rings (SSSR count). The summed E-state index contributed by atoms with van der Waals surface area (Å²) >= 11 is 0. The second kappa shape index (κ2) is 5.88. The molecule has 0 radical (unpaired) electrons. The maximum atomic E-state index is 13.5. The Morgan fingerprint density at radius 3 is 2.05 bits per heavy atom. The van der Waals surface area contributed by atoms with Gasteiger partial charge in [-0.3, -0.25) is 4.79 Å². The number of carbonyl (C=O) groups is 1. The van der Waals surface area contributed by atoms with Crippen molar-refractivity contribution in [2.24, 2.45) is 5.92 Å². The number of rotatable bonds is 5. The normalized spacial score (nSPS) is 13.5. The first kappa shape index (κ1) is 16.6. The molecule has 1 atom stereocenters. The van der Waals surface area contributed by atoms with Gasteiger partial charge in [-0.1, -0.05) is 13.8 Å². The van der Waals surface area contributed by atoms with Gasteiger partial charge >= 0.3 is 5.97 Å². The van der Waals surface area contributed by atoms with Gasteiger partial charge in [0.25, 0.3) is 0 Å². The van der Waals surface area contributed by atoms with Gasteiger partial charge in [0, 0.05) is 0 Å². The SMILES string of the molecule is Cc1cc(S(=O)(=O)N[C@@H](C(=O)O)C(C)C)cc(C)c1F. The maximum Gasteiger partial charge on any atom is 0.322 e. The van der Waals surface area contributed by atoms with Crippen molar-refractivity contribution < 1.29 is 22.7 Å². The molecule has 7 heteroatoms. The molecule has 112 valence electrons. The monoisotopic (exact) mass is 303 g/mol. The molecule has 0 bridgehead atoms. The van der Waals surface area contributed by atoms with Crippen molar-refractivity contribution in [2.75, 3.05) is 0 Å². The van der Waals surface area contributed by atoms with E-state index in [4.69, 9.17) is 5.11 Å². The van der Waals surface area contributed by atoms with Crippen LogP contribution >= 0.6 is 0 Å². The fraction of sp³-hybridized carbons (Fsp3) is 0.462. The predicted octanol–water partition coefficient (Wildman–Crippen LogP) is 1.83. The molecule has 0 unspecified atom stereocenters. The second-order valence-corrected chi connectivity index (χ2v) is 6.77. The molecule has 0 aromatic heterocycles. The van der Waals surface area contributed by atoms with Crippen molar-refractivity contribution in [3.05, 3.63) is 29.1 Å². The highest BCUT2D eigenvalue weighted by molar-refractivity contribution is 7.89. The standard InChI is InChI=1S/C13H18FNO4S/c1-7(2)12(13(16)17)15-20(18,19)10-5-8(3)11(14)9(4)6-10/h5-7,12,15H,1-4H3,(H,16,17)/t12-/m1/s1. The van der Waals surface area contributed by atoms with E-state index in [2.05, 4.69) is 4.72 Å². The van der Waals surface area contributed by atoms with E-state index in [1.54, 1.807) is 13.8 Å². The molecule has 20 heavy (non-hydrogen) atoms. The van der Waals surface area contributed by atoms with Crippen molar-refractivity contribution in [3.8, 4) is 0 Å². The number of aryl methyl sites for hydroxylation is 2. The molecule has 0 saturated carbocycles. The molecular weight excluding hydrogens is 285 g/mol. The molecule has 1 aromatic rings. The minimum Gasteiger partial charge on any atom is -0.480 e. The van der Waals surface area contributed by atoms with Crippen LogP contribution in [0.25, 0.3) is 0 Å². The van der Waals surface area contributed by atoms with Crippen LogP contribution in [-0.4, -0.2) is 25.5 Å². The Balaban J connectivity index is 3.21. The summed E-state index contributed by atoms with van der Waals surface area (Å²) in [5.74, 6) is -2.13. The largest absolute Gasteiger partial charge is 0.480 e. The molecule has 0 aliphatic carbocycles.